The van der Waals surface area contributed by atoms with Gasteiger partial charge in [0.25, 0.3) is 0 Å². The minimum absolute atomic E-state index is 0.0141. The number of ether oxygens (including phenoxy) is 3. The summed E-state index contributed by atoms with van der Waals surface area (Å²) in [6.45, 7) is 6.28. The van der Waals surface area contributed by atoms with Crippen molar-refractivity contribution in [3.05, 3.63) is 35.9 Å². The van der Waals surface area contributed by atoms with Crippen LogP contribution in [-0.2, 0) is 20.6 Å². The van der Waals surface area contributed by atoms with E-state index in [9.17, 15) is 9.90 Å². The Morgan fingerprint density at radius 1 is 1.33 bits per heavy atom. The number of unbranched alkanes of at least 4 members (excludes halogenated alkanes) is 1. The summed E-state index contributed by atoms with van der Waals surface area (Å²) >= 11 is 0. The number of benzene rings is 1. The Morgan fingerprint density at radius 3 is 2.88 bits per heavy atom. The van der Waals surface area contributed by atoms with Crippen LogP contribution < -0.4 is 10.6 Å². The Hall–Kier alpha value is -2.18. The van der Waals surface area contributed by atoms with Crippen LogP contribution in [0.1, 0.15) is 45.1 Å². The fraction of sp³-hybridized carbons (Fsp3) is 0.680. The number of rotatable bonds is 12. The molecule has 0 unspecified atom stereocenters. The molecule has 0 aromatic heterocycles. The molecule has 0 saturated carbocycles. The number of aliphatic hydroxyl groups excluding tert-OH is 1. The molecule has 182 valence electrons. The summed E-state index contributed by atoms with van der Waals surface area (Å²) in [7, 11) is 0. The van der Waals surface area contributed by atoms with E-state index in [0.717, 1.165) is 24.8 Å². The topological polar surface area (TPSA) is 113 Å². The van der Waals surface area contributed by atoms with Gasteiger partial charge >= 0.3 is 6.09 Å². The van der Waals surface area contributed by atoms with Gasteiger partial charge in [-0.15, -0.1) is 0 Å². The molecule has 0 spiro atoms. The van der Waals surface area contributed by atoms with E-state index in [2.05, 4.69) is 30.6 Å². The van der Waals surface area contributed by atoms with Crippen molar-refractivity contribution in [2.24, 2.45) is 11.3 Å². The number of aliphatic hydroxyl groups is 1. The number of nitrogens with one attached hydrogen (secondary N) is 2. The Balaban J connectivity index is 1.53. The highest BCUT2D eigenvalue weighted by Crippen LogP contribution is 2.33. The minimum atomic E-state index is -0.796. The number of hydrogen-bond donors (Lipinski definition) is 3. The van der Waals surface area contributed by atoms with E-state index in [-0.39, 0.29) is 23.7 Å². The van der Waals surface area contributed by atoms with Crippen LogP contribution in [0.25, 0.3) is 0 Å². The van der Waals surface area contributed by atoms with Crippen molar-refractivity contribution in [3.63, 3.8) is 0 Å². The number of carbonyl (C=O) groups is 1. The predicted octanol–water partition coefficient (Wildman–Crippen LogP) is 2.76. The molecule has 2 fully saturated rings. The van der Waals surface area contributed by atoms with Gasteiger partial charge in [-0.1, -0.05) is 44.2 Å². The van der Waals surface area contributed by atoms with Crippen LogP contribution in [-0.4, -0.2) is 62.0 Å². The summed E-state index contributed by atoms with van der Waals surface area (Å²) in [6.07, 6.45) is 1.67. The highest BCUT2D eigenvalue weighted by Gasteiger charge is 2.44. The number of carbonyl (C=O) groups excluding carboxylic acids is 1. The van der Waals surface area contributed by atoms with Crippen molar-refractivity contribution in [2.45, 2.75) is 70.5 Å². The quantitative estimate of drug-likeness (QED) is 0.412. The Bertz CT molecular complexity index is 782. The molecule has 0 aliphatic carbocycles. The van der Waals surface area contributed by atoms with Crippen LogP contribution >= 0.6 is 0 Å². The maximum absolute atomic E-state index is 12.7. The lowest BCUT2D eigenvalue weighted by molar-refractivity contribution is -0.0907. The van der Waals surface area contributed by atoms with E-state index in [0.29, 0.717) is 39.1 Å². The van der Waals surface area contributed by atoms with Gasteiger partial charge < -0.3 is 30.0 Å². The SMILES string of the molecule is CC(C)(CCCC#N)CNC[C@H](O)[C@H](Cc1ccccc1)NC(=O)O[C@@H]1CO[C@@H]2OCC[C@@H]21. The first kappa shape index (κ1) is 25.4. The smallest absolute Gasteiger partial charge is 0.407 e. The first-order valence-corrected chi connectivity index (χ1v) is 11.9. The molecule has 2 aliphatic rings. The molecule has 2 heterocycles. The third-order valence-corrected chi connectivity index (χ3v) is 6.41. The number of amides is 1. The lowest BCUT2D eigenvalue weighted by Gasteiger charge is -2.28. The molecule has 0 radical (unpaired) electrons. The Morgan fingerprint density at radius 2 is 2.12 bits per heavy atom. The van der Waals surface area contributed by atoms with Gasteiger partial charge in [-0.2, -0.15) is 5.26 Å². The van der Waals surface area contributed by atoms with Crippen LogP contribution in [0.5, 0.6) is 0 Å². The summed E-state index contributed by atoms with van der Waals surface area (Å²) in [6, 6.07) is 11.4. The van der Waals surface area contributed by atoms with Gasteiger partial charge in [0.1, 0.15) is 6.10 Å². The van der Waals surface area contributed by atoms with Gasteiger partial charge in [0.15, 0.2) is 6.29 Å². The largest absolute Gasteiger partial charge is 0.443 e. The minimum Gasteiger partial charge on any atom is -0.443 e. The highest BCUT2D eigenvalue weighted by molar-refractivity contribution is 5.68. The second-order valence-electron chi connectivity index (χ2n) is 9.78. The standard InChI is InChI=1S/C25H37N3O5/c1-25(2,11-6-7-12-26)17-27-15-21(29)20(14-18-8-4-3-5-9-18)28-24(30)33-22-16-32-23-19(22)10-13-31-23/h3-5,8-9,19-23,27,29H,6-7,10-11,13-17H2,1-2H3,(H,28,30)/t19-,20+,21+,22-,23+/m1/s1. The molecule has 0 bridgehead atoms. The average Bonchev–Trinajstić information content (AvgIpc) is 3.39. The zero-order valence-corrected chi connectivity index (χ0v) is 19.7. The maximum Gasteiger partial charge on any atom is 0.407 e. The van der Waals surface area contributed by atoms with Gasteiger partial charge in [-0.3, -0.25) is 0 Å². The van der Waals surface area contributed by atoms with E-state index in [1.54, 1.807) is 0 Å². The van der Waals surface area contributed by atoms with Crippen LogP contribution in [0.15, 0.2) is 30.3 Å². The average molecular weight is 460 g/mol. The number of nitrogens with zero attached hydrogens (tertiary/aromatic N) is 1. The lowest BCUT2D eigenvalue weighted by atomic mass is 9.87. The molecule has 3 rings (SSSR count). The van der Waals surface area contributed by atoms with Crippen LogP contribution in [0.2, 0.25) is 0 Å². The molecular formula is C25H37N3O5. The number of fused-ring (bicyclic) bond motifs is 1. The fourth-order valence-corrected chi connectivity index (χ4v) is 4.46. The third-order valence-electron chi connectivity index (χ3n) is 6.41. The van der Waals surface area contributed by atoms with E-state index in [4.69, 9.17) is 19.5 Å². The first-order valence-electron chi connectivity index (χ1n) is 11.9. The van der Waals surface area contributed by atoms with Crippen molar-refractivity contribution < 1.29 is 24.1 Å². The normalized spacial score (nSPS) is 24.0. The van der Waals surface area contributed by atoms with Gasteiger partial charge in [-0.05, 0) is 36.7 Å². The monoisotopic (exact) mass is 459 g/mol. The summed E-state index contributed by atoms with van der Waals surface area (Å²) < 4.78 is 16.7. The van der Waals surface area contributed by atoms with Crippen LogP contribution in [0.3, 0.4) is 0 Å². The summed E-state index contributed by atoms with van der Waals surface area (Å²) in [4.78, 5) is 12.7. The maximum atomic E-state index is 12.7. The first-order chi connectivity index (χ1) is 15.9. The number of nitriles is 1. The molecule has 1 aromatic carbocycles. The molecule has 2 aliphatic heterocycles. The predicted molar refractivity (Wildman–Crippen MR) is 123 cm³/mol. The van der Waals surface area contributed by atoms with Crippen molar-refractivity contribution in [1.82, 2.24) is 10.6 Å². The molecule has 3 N–H and O–H groups in total. The number of hydrogen-bond acceptors (Lipinski definition) is 7. The van der Waals surface area contributed by atoms with E-state index < -0.39 is 18.2 Å². The third kappa shape index (κ3) is 7.97. The summed E-state index contributed by atoms with van der Waals surface area (Å²) in [5, 5.41) is 25.9. The van der Waals surface area contributed by atoms with E-state index in [1.807, 2.05) is 30.3 Å². The second kappa shape index (κ2) is 12.3. The molecule has 8 nitrogen and oxygen atoms in total. The van der Waals surface area contributed by atoms with Gasteiger partial charge in [0, 0.05) is 19.5 Å². The zero-order valence-electron chi connectivity index (χ0n) is 19.7. The van der Waals surface area contributed by atoms with Crippen molar-refractivity contribution in [2.75, 3.05) is 26.3 Å². The zero-order chi connectivity index (χ0) is 23.7. The molecule has 1 amide bonds. The Kier molecular flexibility index (Phi) is 9.51. The van der Waals surface area contributed by atoms with E-state index >= 15 is 0 Å². The molecule has 33 heavy (non-hydrogen) atoms. The van der Waals surface area contributed by atoms with Gasteiger partial charge in [0.05, 0.1) is 37.3 Å². The molecule has 1 aromatic rings. The van der Waals surface area contributed by atoms with Gasteiger partial charge in [-0.25, -0.2) is 4.79 Å². The molecule has 2 saturated heterocycles. The van der Waals surface area contributed by atoms with Gasteiger partial charge in [0.2, 0.25) is 0 Å². The summed E-state index contributed by atoms with van der Waals surface area (Å²) in [5.41, 5.74) is 1.03. The van der Waals surface area contributed by atoms with Crippen molar-refractivity contribution in [3.8, 4) is 6.07 Å². The number of alkyl carbamates (subject to hydrolysis) is 1. The van der Waals surface area contributed by atoms with Crippen LogP contribution in [0, 0.1) is 22.7 Å². The van der Waals surface area contributed by atoms with Crippen LogP contribution in [0.4, 0.5) is 4.79 Å². The fourth-order valence-electron chi connectivity index (χ4n) is 4.46. The summed E-state index contributed by atoms with van der Waals surface area (Å²) in [5.74, 6) is 0.0678. The lowest BCUT2D eigenvalue weighted by Crippen LogP contribution is -2.50. The van der Waals surface area contributed by atoms with E-state index in [1.165, 1.54) is 0 Å². The molecule has 8 heteroatoms. The highest BCUT2D eigenvalue weighted by atomic mass is 16.7. The van der Waals surface area contributed by atoms with Crippen molar-refractivity contribution >= 4 is 6.09 Å². The molecule has 5 atom stereocenters. The second-order valence-corrected chi connectivity index (χ2v) is 9.78. The molecular weight excluding hydrogens is 422 g/mol. The van der Waals surface area contributed by atoms with Crippen molar-refractivity contribution in [1.29, 1.82) is 5.26 Å². The Labute approximate surface area is 196 Å².